The van der Waals surface area contributed by atoms with Crippen LogP contribution < -0.4 is 0 Å². The van der Waals surface area contributed by atoms with Crippen molar-refractivity contribution in [1.82, 2.24) is 15.2 Å². The van der Waals surface area contributed by atoms with Gasteiger partial charge in [0.15, 0.2) is 0 Å². The molecule has 0 spiro atoms. The summed E-state index contributed by atoms with van der Waals surface area (Å²) in [7, 11) is 0. The molecule has 0 radical (unpaired) electrons. The van der Waals surface area contributed by atoms with E-state index in [1.54, 1.807) is 0 Å². The van der Waals surface area contributed by atoms with Crippen LogP contribution in [0.4, 0.5) is 0 Å². The summed E-state index contributed by atoms with van der Waals surface area (Å²) in [6, 6.07) is 0. The van der Waals surface area contributed by atoms with Gasteiger partial charge in [-0.2, -0.15) is 0 Å². The van der Waals surface area contributed by atoms with Crippen molar-refractivity contribution in [2.24, 2.45) is 0 Å². The van der Waals surface area contributed by atoms with Crippen LogP contribution in [0.15, 0.2) is 0 Å². The average Bonchev–Trinajstić information content (AvgIpc) is 2.17. The summed E-state index contributed by atoms with van der Waals surface area (Å²) in [5.41, 5.74) is 0. The molecular weight excluding hydrogens is 286 g/mol. The summed E-state index contributed by atoms with van der Waals surface area (Å²) in [4.78, 5) is 3.04. The number of hydrogen-bond donors (Lipinski definition) is 1. The molecular formula is C5H7N3W. The van der Waals surface area contributed by atoms with Gasteiger partial charge in [0, 0.05) is 0 Å². The molecule has 1 aromatic rings. The molecule has 4 heteroatoms. The quantitative estimate of drug-likeness (QED) is 0.834. The molecule has 9 heavy (non-hydrogen) atoms. The molecule has 1 heterocycles. The van der Waals surface area contributed by atoms with Gasteiger partial charge in [-0.1, -0.05) is 0 Å². The summed E-state index contributed by atoms with van der Waals surface area (Å²) in [6.45, 7) is 1.90. The van der Waals surface area contributed by atoms with Gasteiger partial charge in [-0.15, -0.1) is 0 Å². The van der Waals surface area contributed by atoms with Crippen molar-refractivity contribution in [3.05, 3.63) is 11.6 Å². The number of nitrogens with zero attached hydrogens (tertiary/aromatic N) is 2. The Bertz CT molecular complexity index is 206. The third-order valence-corrected chi connectivity index (χ3v) is 1.52. The van der Waals surface area contributed by atoms with Gasteiger partial charge in [-0.25, -0.2) is 0 Å². The first-order valence-electron chi connectivity index (χ1n) is 2.64. The minimum absolute atomic E-state index is 0.891. The Balaban J connectivity index is 2.72. The molecule has 0 aliphatic rings. The van der Waals surface area contributed by atoms with Gasteiger partial charge in [0.2, 0.25) is 0 Å². The van der Waals surface area contributed by atoms with Crippen molar-refractivity contribution < 1.29 is 19.4 Å². The van der Waals surface area contributed by atoms with E-state index >= 15 is 0 Å². The van der Waals surface area contributed by atoms with Crippen molar-refractivity contribution in [1.29, 1.82) is 0 Å². The maximum absolute atomic E-state index is 3.88. The van der Waals surface area contributed by atoms with E-state index in [1.807, 2.05) is 6.92 Å². The fraction of sp³-hybridized carbons (Fsp3) is 0.400. The summed E-state index contributed by atoms with van der Waals surface area (Å²) >= 11 is 1.47. The number of hydrogen-bond acceptors (Lipinski definition) is 2. The molecule has 3 nitrogen and oxygen atoms in total. The molecule has 0 fully saturated rings. The Kier molecular flexibility index (Phi) is 2.28. The molecule has 1 rings (SSSR count). The first-order valence-corrected chi connectivity index (χ1v) is 4.34. The molecule has 48 valence electrons. The summed E-state index contributed by atoms with van der Waals surface area (Å²) in [5, 5.41) is 7.70. The Morgan fingerprint density at radius 3 is 2.89 bits per heavy atom. The van der Waals surface area contributed by atoms with Crippen LogP contribution in [0.25, 0.3) is 0 Å². The summed E-state index contributed by atoms with van der Waals surface area (Å²) < 4.78 is 2.12. The summed E-state index contributed by atoms with van der Waals surface area (Å²) in [6.07, 6.45) is 0.913. The van der Waals surface area contributed by atoms with Crippen LogP contribution in [-0.2, 0) is 25.8 Å². The van der Waals surface area contributed by atoms with E-state index in [2.05, 4.69) is 19.6 Å². The van der Waals surface area contributed by atoms with Crippen LogP contribution in [0.5, 0.6) is 0 Å². The van der Waals surface area contributed by atoms with E-state index < -0.39 is 0 Å². The van der Waals surface area contributed by atoms with Gasteiger partial charge in [-0.3, -0.25) is 0 Å². The van der Waals surface area contributed by atoms with Crippen molar-refractivity contribution in [3.8, 4) is 0 Å². The molecule has 0 aliphatic carbocycles. The third-order valence-electron chi connectivity index (χ3n) is 0.923. The van der Waals surface area contributed by atoms with Gasteiger partial charge >= 0.3 is 63.9 Å². The second-order valence-electron chi connectivity index (χ2n) is 1.73. The number of nitrogens with one attached hydrogen (secondary N) is 1. The molecule has 0 amide bonds. The van der Waals surface area contributed by atoms with Gasteiger partial charge in [0.25, 0.3) is 0 Å². The number of aryl methyl sites for hydroxylation is 1. The van der Waals surface area contributed by atoms with Crippen molar-refractivity contribution in [3.63, 3.8) is 0 Å². The first kappa shape index (κ1) is 6.81. The van der Waals surface area contributed by atoms with E-state index in [0.717, 1.165) is 18.1 Å². The second kappa shape index (κ2) is 3.02. The molecule has 0 unspecified atom stereocenters. The van der Waals surface area contributed by atoms with Crippen LogP contribution in [0, 0.1) is 6.92 Å². The Hall–Kier alpha value is -0.302. The minimum atomic E-state index is 0.891. The van der Waals surface area contributed by atoms with Crippen LogP contribution in [0.3, 0.4) is 0 Å². The van der Waals surface area contributed by atoms with Crippen LogP contribution in [-0.4, -0.2) is 19.6 Å². The zero-order valence-electron chi connectivity index (χ0n) is 5.09. The number of rotatable bonds is 2. The van der Waals surface area contributed by atoms with E-state index in [-0.39, 0.29) is 0 Å². The molecule has 1 N–H and O–H groups in total. The molecule has 0 saturated heterocycles. The second-order valence-corrected chi connectivity index (χ2v) is 2.93. The molecule has 0 aliphatic heterocycles. The van der Waals surface area contributed by atoms with Crippen LogP contribution >= 0.6 is 0 Å². The van der Waals surface area contributed by atoms with Crippen LogP contribution in [0.2, 0.25) is 0 Å². The van der Waals surface area contributed by atoms with E-state index in [1.165, 1.54) is 19.4 Å². The Morgan fingerprint density at radius 1 is 1.67 bits per heavy atom. The molecule has 0 bridgehead atoms. The molecule has 0 aromatic carbocycles. The fourth-order valence-corrected chi connectivity index (χ4v) is 1.13. The number of aromatic amines is 1. The Morgan fingerprint density at radius 2 is 2.44 bits per heavy atom. The Labute approximate surface area is 64.3 Å². The monoisotopic (exact) mass is 293 g/mol. The standard InChI is InChI=1S/C5H7N3.W/c1-3-5-6-4(2)7-8-5;/h1H,3H2,2H3,(H,6,7,8);. The maximum atomic E-state index is 3.88. The van der Waals surface area contributed by atoms with Crippen LogP contribution in [0.1, 0.15) is 11.6 Å². The third kappa shape index (κ3) is 1.83. The van der Waals surface area contributed by atoms with Crippen molar-refractivity contribution in [2.75, 3.05) is 0 Å². The topological polar surface area (TPSA) is 41.6 Å². The average molecular weight is 293 g/mol. The predicted molar refractivity (Wildman–Crippen MR) is 30.9 cm³/mol. The molecule has 0 atom stereocenters. The zero-order chi connectivity index (χ0) is 6.69. The SMILES string of the molecule is Cc1nnc(C[CH]=[W])[nH]1. The van der Waals surface area contributed by atoms with E-state index in [4.69, 9.17) is 0 Å². The first-order chi connectivity index (χ1) is 4.33. The van der Waals surface area contributed by atoms with Crippen molar-refractivity contribution >= 4 is 4.40 Å². The fourth-order valence-electron chi connectivity index (χ4n) is 0.565. The van der Waals surface area contributed by atoms with Crippen molar-refractivity contribution in [2.45, 2.75) is 13.3 Å². The number of aromatic nitrogens is 3. The molecule has 0 saturated carbocycles. The van der Waals surface area contributed by atoms with Gasteiger partial charge in [-0.05, 0) is 0 Å². The summed E-state index contributed by atoms with van der Waals surface area (Å²) in [5.74, 6) is 1.85. The van der Waals surface area contributed by atoms with E-state index in [0.29, 0.717) is 0 Å². The van der Waals surface area contributed by atoms with Gasteiger partial charge in [0.1, 0.15) is 0 Å². The van der Waals surface area contributed by atoms with E-state index in [9.17, 15) is 0 Å². The molecule has 1 aromatic heterocycles. The predicted octanol–water partition coefficient (Wildman–Crippen LogP) is 0.00462. The van der Waals surface area contributed by atoms with Gasteiger partial charge < -0.3 is 0 Å². The number of H-pyrrole nitrogens is 1. The normalized spacial score (nSPS) is 9.44. The van der Waals surface area contributed by atoms with Gasteiger partial charge in [0.05, 0.1) is 0 Å². The zero-order valence-corrected chi connectivity index (χ0v) is 8.02.